The molecule has 1 aliphatic rings. The van der Waals surface area contributed by atoms with E-state index in [1.54, 1.807) is 0 Å². The third-order valence-corrected chi connectivity index (χ3v) is 7.09. The van der Waals surface area contributed by atoms with Crippen molar-refractivity contribution in [1.82, 2.24) is 15.1 Å². The Bertz CT molecular complexity index is 863. The van der Waals surface area contributed by atoms with Crippen molar-refractivity contribution in [2.75, 3.05) is 12.3 Å². The molecule has 0 aliphatic carbocycles. The molecule has 4 heteroatoms. The highest BCUT2D eigenvalue weighted by Crippen LogP contribution is 2.43. The molecular weight excluding hydrogens is 362 g/mol. The maximum absolute atomic E-state index is 4.89. The van der Waals surface area contributed by atoms with Crippen molar-refractivity contribution in [3.05, 3.63) is 72.4 Å². The minimum absolute atomic E-state index is 0.454. The zero-order valence-corrected chi connectivity index (χ0v) is 17.5. The minimum Gasteiger partial charge on any atom is -0.304 e. The molecule has 1 aliphatic heterocycles. The number of nitrogens with one attached hydrogen (secondary N) is 1. The lowest BCUT2D eigenvalue weighted by Gasteiger charge is -2.31. The minimum atomic E-state index is 0.454. The first-order valence-electron chi connectivity index (χ1n) is 10.4. The number of para-hydroxylation sites is 1. The molecule has 4 rings (SSSR count). The smallest absolute Gasteiger partial charge is 0.0776 e. The Hall–Kier alpha value is -2.04. The average Bonchev–Trinajstić information content (AvgIpc) is 3.43. The maximum Gasteiger partial charge on any atom is 0.0776 e. The summed E-state index contributed by atoms with van der Waals surface area (Å²) in [6, 6.07) is 21.2. The van der Waals surface area contributed by atoms with Gasteiger partial charge in [-0.3, -0.25) is 0 Å². The topological polar surface area (TPSA) is 29.9 Å². The van der Waals surface area contributed by atoms with Crippen LogP contribution < -0.4 is 5.32 Å². The van der Waals surface area contributed by atoms with Gasteiger partial charge in [0.15, 0.2) is 0 Å². The van der Waals surface area contributed by atoms with Crippen LogP contribution in [0.5, 0.6) is 0 Å². The van der Waals surface area contributed by atoms with Gasteiger partial charge in [0.05, 0.1) is 23.0 Å². The van der Waals surface area contributed by atoms with E-state index in [4.69, 9.17) is 5.10 Å². The fourth-order valence-electron chi connectivity index (χ4n) is 4.39. The zero-order valence-electron chi connectivity index (χ0n) is 16.7. The molecule has 1 fully saturated rings. The zero-order chi connectivity index (χ0) is 19.3. The summed E-state index contributed by atoms with van der Waals surface area (Å²) in [5.41, 5.74) is 4.95. The number of rotatable bonds is 7. The number of hydrogen-bond acceptors (Lipinski definition) is 3. The summed E-state index contributed by atoms with van der Waals surface area (Å²) in [6.45, 7) is 5.74. The second-order valence-corrected chi connectivity index (χ2v) is 8.66. The highest BCUT2D eigenvalue weighted by Gasteiger charge is 2.35. The van der Waals surface area contributed by atoms with E-state index in [2.05, 4.69) is 102 Å². The summed E-state index contributed by atoms with van der Waals surface area (Å²) in [6.07, 6.45) is 4.49. The van der Waals surface area contributed by atoms with E-state index in [9.17, 15) is 0 Å². The van der Waals surface area contributed by atoms with Crippen molar-refractivity contribution in [2.45, 2.75) is 38.0 Å². The molecule has 3 aromatic rings. The van der Waals surface area contributed by atoms with E-state index in [0.717, 1.165) is 12.2 Å². The molecule has 2 aromatic carbocycles. The molecule has 0 saturated carbocycles. The second-order valence-electron chi connectivity index (χ2n) is 7.41. The molecule has 2 heterocycles. The number of hydrogen-bond donors (Lipinski definition) is 1. The van der Waals surface area contributed by atoms with Crippen LogP contribution >= 0.6 is 11.8 Å². The van der Waals surface area contributed by atoms with E-state index in [0.29, 0.717) is 17.2 Å². The van der Waals surface area contributed by atoms with E-state index in [-0.39, 0.29) is 0 Å². The van der Waals surface area contributed by atoms with Crippen LogP contribution in [-0.2, 0) is 0 Å². The summed E-state index contributed by atoms with van der Waals surface area (Å²) in [4.78, 5) is 0. The predicted molar refractivity (Wildman–Crippen MR) is 120 cm³/mol. The number of aromatic nitrogens is 2. The van der Waals surface area contributed by atoms with E-state index in [1.165, 1.54) is 35.4 Å². The Balaban J connectivity index is 1.89. The Morgan fingerprint density at radius 2 is 1.71 bits per heavy atom. The van der Waals surface area contributed by atoms with Gasteiger partial charge >= 0.3 is 0 Å². The average molecular weight is 392 g/mol. The lowest BCUT2D eigenvalue weighted by atomic mass is 9.81. The van der Waals surface area contributed by atoms with Crippen molar-refractivity contribution in [2.24, 2.45) is 5.92 Å². The Labute approximate surface area is 172 Å². The summed E-state index contributed by atoms with van der Waals surface area (Å²) in [5.74, 6) is 2.28. The van der Waals surface area contributed by atoms with Crippen LogP contribution in [0.4, 0.5) is 0 Å². The van der Waals surface area contributed by atoms with Gasteiger partial charge in [-0.05, 0) is 18.1 Å². The summed E-state index contributed by atoms with van der Waals surface area (Å²) in [7, 11) is 0. The van der Waals surface area contributed by atoms with Gasteiger partial charge < -0.3 is 5.32 Å². The van der Waals surface area contributed by atoms with Crippen LogP contribution in [0.1, 0.15) is 38.2 Å². The van der Waals surface area contributed by atoms with Gasteiger partial charge in [0.25, 0.3) is 0 Å². The maximum atomic E-state index is 4.89. The van der Waals surface area contributed by atoms with E-state index < -0.39 is 0 Å². The molecule has 0 radical (unpaired) electrons. The van der Waals surface area contributed by atoms with Crippen molar-refractivity contribution in [3.8, 4) is 16.9 Å². The molecule has 2 atom stereocenters. The highest BCUT2D eigenvalue weighted by molar-refractivity contribution is 8.00. The van der Waals surface area contributed by atoms with Crippen molar-refractivity contribution < 1.29 is 0 Å². The van der Waals surface area contributed by atoms with Crippen LogP contribution in [0.3, 0.4) is 0 Å². The quantitative estimate of drug-likeness (QED) is 0.558. The molecule has 0 bridgehead atoms. The van der Waals surface area contributed by atoms with Crippen LogP contribution in [0.25, 0.3) is 16.9 Å². The molecule has 1 N–H and O–H groups in total. The van der Waals surface area contributed by atoms with Crippen molar-refractivity contribution in [1.29, 1.82) is 0 Å². The van der Waals surface area contributed by atoms with Crippen molar-refractivity contribution in [3.63, 3.8) is 0 Å². The summed E-state index contributed by atoms with van der Waals surface area (Å²) in [5, 5.41) is 9.10. The fourth-order valence-corrected chi connectivity index (χ4v) is 5.69. The number of nitrogens with zero attached hydrogens (tertiary/aromatic N) is 2. The van der Waals surface area contributed by atoms with Gasteiger partial charge in [0, 0.05) is 29.3 Å². The molecule has 1 saturated heterocycles. The lowest BCUT2D eigenvalue weighted by molar-refractivity contribution is 0.372. The summed E-state index contributed by atoms with van der Waals surface area (Å²) < 4.78 is 2.12. The molecule has 0 spiro atoms. The molecule has 146 valence electrons. The molecule has 0 amide bonds. The lowest BCUT2D eigenvalue weighted by Crippen LogP contribution is -2.32. The van der Waals surface area contributed by atoms with Gasteiger partial charge in [-0.15, -0.1) is 11.8 Å². The second kappa shape index (κ2) is 8.97. The van der Waals surface area contributed by atoms with E-state index in [1.807, 2.05) is 0 Å². The predicted octanol–water partition coefficient (Wildman–Crippen LogP) is 5.72. The summed E-state index contributed by atoms with van der Waals surface area (Å²) >= 11 is 2.07. The van der Waals surface area contributed by atoms with Gasteiger partial charge in [-0.2, -0.15) is 5.10 Å². The van der Waals surface area contributed by atoms with E-state index >= 15 is 0 Å². The SMILES string of the molecule is CCC(CC)C(c1cnn(-c2ccccc2)c1-c1ccccc1)C1NCCS1. The Kier molecular flexibility index (Phi) is 6.18. The van der Waals surface area contributed by atoms with Crippen LogP contribution in [0.15, 0.2) is 66.9 Å². The largest absolute Gasteiger partial charge is 0.304 e. The van der Waals surface area contributed by atoms with Crippen molar-refractivity contribution >= 4 is 11.8 Å². The first kappa shape index (κ1) is 19.3. The van der Waals surface area contributed by atoms with Crippen LogP contribution in [-0.4, -0.2) is 27.5 Å². The molecule has 2 unspecified atom stereocenters. The molecular formula is C24H29N3S. The highest BCUT2D eigenvalue weighted by atomic mass is 32.2. The monoisotopic (exact) mass is 391 g/mol. The molecule has 1 aromatic heterocycles. The third-order valence-electron chi connectivity index (χ3n) is 5.83. The number of thioether (sulfide) groups is 1. The standard InChI is InChI=1S/C24H29N3S/c1-3-18(4-2)22(24-25-15-16-28-24)21-17-26-27(20-13-9-6-10-14-20)23(21)19-11-7-5-8-12-19/h5-14,17-18,22,24-25H,3-4,15-16H2,1-2H3. The van der Waals surface area contributed by atoms with Crippen LogP contribution in [0.2, 0.25) is 0 Å². The molecule has 28 heavy (non-hydrogen) atoms. The van der Waals surface area contributed by atoms with Gasteiger partial charge in [-0.25, -0.2) is 4.68 Å². The first-order valence-corrected chi connectivity index (χ1v) is 11.4. The van der Waals surface area contributed by atoms with Gasteiger partial charge in [0.2, 0.25) is 0 Å². The molecule has 3 nitrogen and oxygen atoms in total. The Morgan fingerprint density at radius 1 is 1.04 bits per heavy atom. The Morgan fingerprint density at radius 3 is 2.32 bits per heavy atom. The van der Waals surface area contributed by atoms with Gasteiger partial charge in [0.1, 0.15) is 0 Å². The third kappa shape index (κ3) is 3.76. The van der Waals surface area contributed by atoms with Crippen LogP contribution in [0, 0.1) is 5.92 Å². The normalized spacial score (nSPS) is 17.9. The number of benzene rings is 2. The van der Waals surface area contributed by atoms with Gasteiger partial charge in [-0.1, -0.05) is 75.2 Å². The fraction of sp³-hybridized carbons (Fsp3) is 0.375. The first-order chi connectivity index (χ1) is 13.8.